The second-order valence-corrected chi connectivity index (χ2v) is 8.14. The molecule has 1 N–H and O–H groups in total. The number of H-pyrrole nitrogens is 1. The molecular weight excluding hydrogens is 356 g/mol. The number of nitrogens with one attached hydrogen (secondary N) is 1. The Morgan fingerprint density at radius 3 is 2.79 bits per heavy atom. The lowest BCUT2D eigenvalue weighted by Gasteiger charge is -2.49. The van der Waals surface area contributed by atoms with E-state index in [-0.39, 0.29) is 18.4 Å². The zero-order chi connectivity index (χ0) is 20.1. The van der Waals surface area contributed by atoms with Crippen LogP contribution in [0.4, 0.5) is 0 Å². The van der Waals surface area contributed by atoms with Gasteiger partial charge in [-0.25, -0.2) is 0 Å². The van der Waals surface area contributed by atoms with Crippen molar-refractivity contribution in [2.24, 2.45) is 0 Å². The number of aromatic amines is 1. The fourth-order valence-corrected chi connectivity index (χ4v) is 4.59. The molecule has 2 aromatic rings. The van der Waals surface area contributed by atoms with Crippen LogP contribution in [0.5, 0.6) is 5.75 Å². The van der Waals surface area contributed by atoms with Gasteiger partial charge in [-0.1, -0.05) is 0 Å². The summed E-state index contributed by atoms with van der Waals surface area (Å²) < 4.78 is 5.38. The Hall–Kier alpha value is -2.54. The van der Waals surface area contributed by atoms with Gasteiger partial charge in [-0.05, 0) is 64.2 Å². The molecule has 150 valence electrons. The van der Waals surface area contributed by atoms with Crippen LogP contribution in [-0.2, 0) is 21.5 Å². The van der Waals surface area contributed by atoms with Crippen molar-refractivity contribution in [3.05, 3.63) is 29.5 Å². The minimum atomic E-state index is -0.979. The molecule has 2 aliphatic heterocycles. The van der Waals surface area contributed by atoms with E-state index in [0.29, 0.717) is 13.1 Å². The molecule has 7 heteroatoms. The molecular formula is C21H28N4O3. The Balaban J connectivity index is 1.74. The number of piperazine rings is 1. The maximum atomic E-state index is 13.5. The van der Waals surface area contributed by atoms with E-state index >= 15 is 0 Å². The first-order chi connectivity index (χ1) is 13.4. The lowest BCUT2D eigenvalue weighted by Crippen LogP contribution is -2.67. The zero-order valence-electron chi connectivity index (χ0n) is 17.0. The minimum Gasteiger partial charge on any atom is -0.497 e. The first-order valence-corrected chi connectivity index (χ1v) is 9.80. The Morgan fingerprint density at radius 1 is 1.29 bits per heavy atom. The summed E-state index contributed by atoms with van der Waals surface area (Å²) in [5.41, 5.74) is 1.95. The largest absolute Gasteiger partial charge is 0.497 e. The van der Waals surface area contributed by atoms with E-state index in [1.807, 2.05) is 39.2 Å². The van der Waals surface area contributed by atoms with Crippen molar-refractivity contribution in [3.8, 4) is 5.75 Å². The number of ether oxygens (including phenoxy) is 1. The Labute approximate surface area is 165 Å². The molecule has 0 spiro atoms. The fraction of sp³-hybridized carbons (Fsp3) is 0.524. The van der Waals surface area contributed by atoms with Crippen LogP contribution in [0.3, 0.4) is 0 Å². The van der Waals surface area contributed by atoms with Crippen LogP contribution in [0.25, 0.3) is 10.9 Å². The molecule has 1 atom stereocenters. The summed E-state index contributed by atoms with van der Waals surface area (Å²) in [6, 6.07) is 5.89. The topological polar surface area (TPSA) is 68.9 Å². The first kappa shape index (κ1) is 18.8. The molecule has 2 aliphatic rings. The smallest absolute Gasteiger partial charge is 0.254 e. The van der Waals surface area contributed by atoms with Gasteiger partial charge in [0, 0.05) is 24.0 Å². The van der Waals surface area contributed by atoms with Crippen LogP contribution in [0.1, 0.15) is 24.6 Å². The summed E-state index contributed by atoms with van der Waals surface area (Å²) >= 11 is 0. The van der Waals surface area contributed by atoms with Gasteiger partial charge < -0.3 is 24.4 Å². The Kier molecular flexibility index (Phi) is 4.57. The van der Waals surface area contributed by atoms with Crippen molar-refractivity contribution in [2.45, 2.75) is 25.3 Å². The van der Waals surface area contributed by atoms with E-state index in [4.69, 9.17) is 4.74 Å². The van der Waals surface area contributed by atoms with Gasteiger partial charge in [0.05, 0.1) is 19.3 Å². The number of hydrogen-bond acceptors (Lipinski definition) is 4. The lowest BCUT2D eigenvalue weighted by molar-refractivity contribution is -0.166. The number of benzene rings is 1. The molecule has 1 aromatic carbocycles. The summed E-state index contributed by atoms with van der Waals surface area (Å²) in [4.78, 5) is 35.5. The van der Waals surface area contributed by atoms with Crippen molar-refractivity contribution < 1.29 is 14.3 Å². The lowest BCUT2D eigenvalue weighted by atomic mass is 9.83. The Morgan fingerprint density at radius 2 is 2.07 bits per heavy atom. The summed E-state index contributed by atoms with van der Waals surface area (Å²) in [6.45, 7) is 4.09. The zero-order valence-corrected chi connectivity index (χ0v) is 17.0. The van der Waals surface area contributed by atoms with Gasteiger partial charge in [0.2, 0.25) is 5.91 Å². The quantitative estimate of drug-likeness (QED) is 0.850. The van der Waals surface area contributed by atoms with Crippen molar-refractivity contribution in [2.75, 3.05) is 47.4 Å². The fourth-order valence-electron chi connectivity index (χ4n) is 4.59. The third kappa shape index (κ3) is 2.76. The van der Waals surface area contributed by atoms with E-state index in [1.54, 1.807) is 16.9 Å². The number of rotatable bonds is 5. The average Bonchev–Trinajstić information content (AvgIpc) is 3.04. The van der Waals surface area contributed by atoms with Gasteiger partial charge >= 0.3 is 0 Å². The number of hydrogen-bond donors (Lipinski definition) is 1. The third-order valence-corrected chi connectivity index (χ3v) is 6.09. The summed E-state index contributed by atoms with van der Waals surface area (Å²) in [5.74, 6) is 0.817. The molecule has 0 bridgehead atoms. The molecule has 1 aromatic heterocycles. The van der Waals surface area contributed by atoms with Crippen LogP contribution in [0, 0.1) is 0 Å². The van der Waals surface area contributed by atoms with E-state index in [0.717, 1.165) is 47.3 Å². The maximum Gasteiger partial charge on any atom is 0.254 e. The number of carbonyl (C=O) groups excluding carboxylic acids is 2. The van der Waals surface area contributed by atoms with Crippen molar-refractivity contribution in [3.63, 3.8) is 0 Å². The van der Waals surface area contributed by atoms with Crippen LogP contribution < -0.4 is 4.74 Å². The molecule has 1 fully saturated rings. The molecule has 2 amide bonds. The predicted octanol–water partition coefficient (Wildman–Crippen LogP) is 1.57. The highest BCUT2D eigenvalue weighted by atomic mass is 16.5. The molecule has 28 heavy (non-hydrogen) atoms. The second-order valence-electron chi connectivity index (χ2n) is 8.14. The molecule has 0 radical (unpaired) electrons. The van der Waals surface area contributed by atoms with Gasteiger partial charge in [0.25, 0.3) is 5.91 Å². The maximum absolute atomic E-state index is 13.5. The summed E-state index contributed by atoms with van der Waals surface area (Å²) in [6.07, 6.45) is 1.58. The average molecular weight is 384 g/mol. The second kappa shape index (κ2) is 6.81. The van der Waals surface area contributed by atoms with Crippen LogP contribution >= 0.6 is 0 Å². The van der Waals surface area contributed by atoms with Crippen molar-refractivity contribution in [1.29, 1.82) is 0 Å². The standard InChI is InChI=1S/C21H28N4O3/c1-21-19-15(16-12-14(28-4)6-7-17(16)22-19)8-11-25(21)18(26)13-24(20(21)27)10-5-9-23(2)3/h6-7,12,22H,5,8-11,13H2,1-4H3. The van der Waals surface area contributed by atoms with E-state index < -0.39 is 5.54 Å². The van der Waals surface area contributed by atoms with E-state index in [2.05, 4.69) is 9.88 Å². The predicted molar refractivity (Wildman–Crippen MR) is 107 cm³/mol. The Bertz CT molecular complexity index is 935. The van der Waals surface area contributed by atoms with Crippen LogP contribution in [0.15, 0.2) is 18.2 Å². The minimum absolute atomic E-state index is 0.00493. The van der Waals surface area contributed by atoms with Crippen molar-refractivity contribution >= 4 is 22.7 Å². The van der Waals surface area contributed by atoms with Gasteiger partial charge in [-0.15, -0.1) is 0 Å². The van der Waals surface area contributed by atoms with Gasteiger partial charge in [-0.2, -0.15) is 0 Å². The van der Waals surface area contributed by atoms with Gasteiger partial charge in [0.15, 0.2) is 5.54 Å². The number of carbonyl (C=O) groups is 2. The molecule has 1 saturated heterocycles. The molecule has 0 aliphatic carbocycles. The van der Waals surface area contributed by atoms with Crippen LogP contribution in [-0.4, -0.2) is 78.9 Å². The molecule has 3 heterocycles. The van der Waals surface area contributed by atoms with Gasteiger partial charge in [-0.3, -0.25) is 9.59 Å². The normalized spacial score (nSPS) is 22.0. The van der Waals surface area contributed by atoms with Crippen molar-refractivity contribution in [1.82, 2.24) is 19.7 Å². The van der Waals surface area contributed by atoms with E-state index in [1.165, 1.54) is 0 Å². The third-order valence-electron chi connectivity index (χ3n) is 6.09. The monoisotopic (exact) mass is 384 g/mol. The highest BCUT2D eigenvalue weighted by molar-refractivity contribution is 6.00. The highest BCUT2D eigenvalue weighted by Crippen LogP contribution is 2.42. The van der Waals surface area contributed by atoms with E-state index in [9.17, 15) is 9.59 Å². The molecule has 1 unspecified atom stereocenters. The van der Waals surface area contributed by atoms with Crippen LogP contribution in [0.2, 0.25) is 0 Å². The number of aromatic nitrogens is 1. The first-order valence-electron chi connectivity index (χ1n) is 9.80. The molecule has 7 nitrogen and oxygen atoms in total. The SMILES string of the molecule is COc1ccc2[nH]c3c(c2c1)CCN1C(=O)CN(CCCN(C)C)C(=O)C31C. The number of nitrogens with zero attached hydrogens (tertiary/aromatic N) is 3. The summed E-state index contributed by atoms with van der Waals surface area (Å²) in [7, 11) is 5.68. The number of fused-ring (bicyclic) bond motifs is 5. The molecule has 4 rings (SSSR count). The number of amides is 2. The number of methoxy groups -OCH3 is 1. The highest BCUT2D eigenvalue weighted by Gasteiger charge is 2.53. The summed E-state index contributed by atoms with van der Waals surface area (Å²) in [5, 5.41) is 1.07. The van der Waals surface area contributed by atoms with Gasteiger partial charge in [0.1, 0.15) is 5.75 Å². The molecule has 0 saturated carbocycles.